The summed E-state index contributed by atoms with van der Waals surface area (Å²) in [6.45, 7) is 4.06. The standard InChI is InChI=1S/2C7H7.Cr/c2*1-7-5-3-2-4-6-7;/h2*2-5H,1H3;/q2*-1;+2. The normalized spacial score (nSPS) is 8.13. The van der Waals surface area contributed by atoms with Gasteiger partial charge in [-0.25, -0.2) is 0 Å². The molecule has 0 nitrogen and oxygen atoms in total. The van der Waals surface area contributed by atoms with Gasteiger partial charge in [-0.2, -0.15) is 71.8 Å². The van der Waals surface area contributed by atoms with Crippen LogP contribution in [0.1, 0.15) is 11.1 Å². The van der Waals surface area contributed by atoms with Crippen molar-refractivity contribution in [2.45, 2.75) is 13.8 Å². The van der Waals surface area contributed by atoms with Gasteiger partial charge in [0.25, 0.3) is 0 Å². The van der Waals surface area contributed by atoms with Gasteiger partial charge < -0.3 is 0 Å². The van der Waals surface area contributed by atoms with Crippen LogP contribution in [0.15, 0.2) is 48.5 Å². The van der Waals surface area contributed by atoms with E-state index in [4.69, 9.17) is 0 Å². The van der Waals surface area contributed by atoms with Gasteiger partial charge in [-0.1, -0.05) is 13.8 Å². The van der Waals surface area contributed by atoms with Crippen LogP contribution in [-0.4, -0.2) is 0 Å². The maximum Gasteiger partial charge on any atom is 2.00 e. The van der Waals surface area contributed by atoms with Crippen LogP contribution in [0.5, 0.6) is 0 Å². The molecule has 15 heavy (non-hydrogen) atoms. The molecule has 0 spiro atoms. The van der Waals surface area contributed by atoms with Crippen molar-refractivity contribution in [3.05, 3.63) is 71.8 Å². The van der Waals surface area contributed by atoms with Crippen LogP contribution in [0.2, 0.25) is 0 Å². The molecule has 2 aromatic rings. The van der Waals surface area contributed by atoms with Crippen molar-refractivity contribution in [1.29, 1.82) is 0 Å². The van der Waals surface area contributed by atoms with Crippen molar-refractivity contribution in [2.75, 3.05) is 0 Å². The zero-order chi connectivity index (χ0) is 10.2. The van der Waals surface area contributed by atoms with Crippen molar-refractivity contribution < 1.29 is 17.4 Å². The molecule has 0 heterocycles. The van der Waals surface area contributed by atoms with E-state index in [1.807, 2.05) is 62.4 Å². The van der Waals surface area contributed by atoms with E-state index in [2.05, 4.69) is 12.1 Å². The molecule has 0 unspecified atom stereocenters. The number of rotatable bonds is 0. The van der Waals surface area contributed by atoms with Crippen molar-refractivity contribution >= 4 is 0 Å². The maximum absolute atomic E-state index is 3.03. The van der Waals surface area contributed by atoms with E-state index in [0.29, 0.717) is 0 Å². The van der Waals surface area contributed by atoms with Crippen molar-refractivity contribution in [3.63, 3.8) is 0 Å². The summed E-state index contributed by atoms with van der Waals surface area (Å²) in [6.07, 6.45) is 0. The first-order chi connectivity index (χ1) is 6.79. The molecule has 0 amide bonds. The van der Waals surface area contributed by atoms with Gasteiger partial charge >= 0.3 is 17.4 Å². The van der Waals surface area contributed by atoms with Gasteiger partial charge in [0.1, 0.15) is 0 Å². The van der Waals surface area contributed by atoms with E-state index in [1.165, 1.54) is 11.1 Å². The summed E-state index contributed by atoms with van der Waals surface area (Å²) >= 11 is 0. The molecule has 0 aliphatic carbocycles. The van der Waals surface area contributed by atoms with Crippen molar-refractivity contribution in [1.82, 2.24) is 0 Å². The molecule has 0 aliphatic heterocycles. The first-order valence-electron chi connectivity index (χ1n) is 4.65. The predicted molar refractivity (Wildman–Crippen MR) is 60.0 cm³/mol. The Morgan fingerprint density at radius 3 is 1.27 bits per heavy atom. The Morgan fingerprint density at radius 2 is 1.13 bits per heavy atom. The van der Waals surface area contributed by atoms with E-state index in [-0.39, 0.29) is 17.4 Å². The molecular formula is C14H14Cr. The number of aryl methyl sites for hydroxylation is 2. The minimum absolute atomic E-state index is 0. The third kappa shape index (κ3) is 6.97. The summed E-state index contributed by atoms with van der Waals surface area (Å²) in [5, 5.41) is 0. The largest absolute Gasteiger partial charge is 2.00 e. The van der Waals surface area contributed by atoms with Crippen LogP contribution in [0, 0.1) is 26.0 Å². The van der Waals surface area contributed by atoms with Gasteiger partial charge in [-0.15, -0.1) is 0 Å². The molecule has 0 radical (unpaired) electrons. The minimum atomic E-state index is 0. The van der Waals surface area contributed by atoms with Gasteiger partial charge in [-0.3, -0.25) is 0 Å². The SMILES string of the molecule is Cc1[c-]cccc1.Cc1[c-]cccc1.[Cr+2]. The Labute approximate surface area is 103 Å². The Bertz CT molecular complexity index is 303. The fraction of sp³-hybridized carbons (Fsp3) is 0.143. The second-order valence-corrected chi connectivity index (χ2v) is 3.09. The summed E-state index contributed by atoms with van der Waals surface area (Å²) in [4.78, 5) is 0. The monoisotopic (exact) mass is 234 g/mol. The average molecular weight is 234 g/mol. The van der Waals surface area contributed by atoms with Crippen LogP contribution in [0.3, 0.4) is 0 Å². The Balaban J connectivity index is 0.000000245. The topological polar surface area (TPSA) is 0 Å². The molecule has 0 atom stereocenters. The van der Waals surface area contributed by atoms with Crippen LogP contribution < -0.4 is 0 Å². The summed E-state index contributed by atoms with van der Waals surface area (Å²) in [5.74, 6) is 0. The molecular weight excluding hydrogens is 220 g/mol. The van der Waals surface area contributed by atoms with Crippen molar-refractivity contribution in [3.8, 4) is 0 Å². The summed E-state index contributed by atoms with van der Waals surface area (Å²) in [5.41, 5.74) is 2.39. The van der Waals surface area contributed by atoms with E-state index in [9.17, 15) is 0 Å². The molecule has 1 heteroatoms. The average Bonchev–Trinajstić information content (AvgIpc) is 2.21. The Morgan fingerprint density at radius 1 is 0.733 bits per heavy atom. The second kappa shape index (κ2) is 8.29. The molecule has 2 aromatic carbocycles. The van der Waals surface area contributed by atoms with Gasteiger partial charge in [0.2, 0.25) is 0 Å². The fourth-order valence-electron chi connectivity index (χ4n) is 0.966. The maximum atomic E-state index is 3.03. The predicted octanol–water partition coefficient (Wildman–Crippen LogP) is 3.59. The van der Waals surface area contributed by atoms with Crippen molar-refractivity contribution in [2.24, 2.45) is 0 Å². The zero-order valence-electron chi connectivity index (χ0n) is 9.03. The van der Waals surface area contributed by atoms with Crippen LogP contribution >= 0.6 is 0 Å². The molecule has 0 aliphatic rings. The molecule has 0 aromatic heterocycles. The van der Waals surface area contributed by atoms with E-state index < -0.39 is 0 Å². The third-order valence-corrected chi connectivity index (χ3v) is 1.73. The number of hydrogen-bond donors (Lipinski definition) is 0. The van der Waals surface area contributed by atoms with Gasteiger partial charge in [-0.05, 0) is 0 Å². The smallest absolute Gasteiger partial charge is 0.181 e. The van der Waals surface area contributed by atoms with E-state index >= 15 is 0 Å². The van der Waals surface area contributed by atoms with Crippen LogP contribution in [0.25, 0.3) is 0 Å². The van der Waals surface area contributed by atoms with E-state index in [1.54, 1.807) is 0 Å². The first kappa shape index (κ1) is 14.0. The Hall–Kier alpha value is -1.03. The van der Waals surface area contributed by atoms with Crippen LogP contribution in [-0.2, 0) is 17.4 Å². The summed E-state index contributed by atoms with van der Waals surface area (Å²) in [6, 6.07) is 21.9. The second-order valence-electron chi connectivity index (χ2n) is 3.09. The molecule has 0 saturated carbocycles. The Kier molecular flexibility index (Phi) is 7.73. The molecule has 2 rings (SSSR count). The fourth-order valence-corrected chi connectivity index (χ4v) is 0.966. The molecule has 0 N–H and O–H groups in total. The number of benzene rings is 2. The van der Waals surface area contributed by atoms with Crippen LogP contribution in [0.4, 0.5) is 0 Å². The number of hydrogen-bond acceptors (Lipinski definition) is 0. The van der Waals surface area contributed by atoms with Gasteiger partial charge in [0.05, 0.1) is 0 Å². The quantitative estimate of drug-likeness (QED) is 0.611. The molecule has 76 valence electrons. The zero-order valence-corrected chi connectivity index (χ0v) is 10.3. The summed E-state index contributed by atoms with van der Waals surface area (Å²) in [7, 11) is 0. The summed E-state index contributed by atoms with van der Waals surface area (Å²) < 4.78 is 0. The third-order valence-electron chi connectivity index (χ3n) is 1.73. The van der Waals surface area contributed by atoms with Gasteiger partial charge in [0.15, 0.2) is 0 Å². The van der Waals surface area contributed by atoms with Gasteiger partial charge in [0, 0.05) is 0 Å². The molecule has 0 bridgehead atoms. The first-order valence-corrected chi connectivity index (χ1v) is 4.65. The minimum Gasteiger partial charge on any atom is -0.181 e. The molecule has 0 fully saturated rings. The molecule has 0 saturated heterocycles. The van der Waals surface area contributed by atoms with E-state index in [0.717, 1.165) is 0 Å².